The zero-order valence-electron chi connectivity index (χ0n) is 12.2. The first-order chi connectivity index (χ1) is 10.2. The van der Waals surface area contributed by atoms with Gasteiger partial charge in [-0.1, -0.05) is 23.2 Å². The van der Waals surface area contributed by atoms with Crippen molar-refractivity contribution >= 4 is 29.1 Å². The highest BCUT2D eigenvalue weighted by Crippen LogP contribution is 2.28. The molecule has 118 valence electrons. The lowest BCUT2D eigenvalue weighted by Crippen LogP contribution is -2.30. The zero-order chi connectivity index (χ0) is 16.6. The summed E-state index contributed by atoms with van der Waals surface area (Å²) in [5, 5.41) is 2.78. The van der Waals surface area contributed by atoms with Crippen molar-refractivity contribution in [2.24, 2.45) is 14.1 Å². The Balaban J connectivity index is 2.29. The van der Waals surface area contributed by atoms with Gasteiger partial charge in [0.1, 0.15) is 11.5 Å². The minimum Gasteiger partial charge on any atom is -0.344 e. The van der Waals surface area contributed by atoms with Crippen molar-refractivity contribution in [3.63, 3.8) is 0 Å². The number of hydrogen-bond acceptors (Lipinski definition) is 2. The Morgan fingerprint density at radius 3 is 2.50 bits per heavy atom. The van der Waals surface area contributed by atoms with Crippen molar-refractivity contribution in [1.82, 2.24) is 14.5 Å². The van der Waals surface area contributed by atoms with Gasteiger partial charge in [0.15, 0.2) is 0 Å². The molecule has 0 aliphatic rings. The molecule has 0 spiro atoms. The summed E-state index contributed by atoms with van der Waals surface area (Å²) >= 11 is 11.6. The van der Waals surface area contributed by atoms with Crippen molar-refractivity contribution < 1.29 is 9.18 Å². The average molecular weight is 346 g/mol. The highest BCUT2D eigenvalue weighted by atomic mass is 35.5. The standard InChI is InChI=1S/C14H14Cl2FN3O2/c1-7(9-4-8(15)5-10(16)12(9)17)18-13(21)11-6-19(2)14(22)20(11)3/h4-7H,1-3H3,(H,18,21). The van der Waals surface area contributed by atoms with Crippen molar-refractivity contribution in [3.8, 4) is 0 Å². The third-order valence-corrected chi connectivity index (χ3v) is 3.83. The second kappa shape index (κ2) is 6.14. The fraction of sp³-hybridized carbons (Fsp3) is 0.286. The zero-order valence-corrected chi connectivity index (χ0v) is 13.7. The molecule has 2 rings (SSSR count). The largest absolute Gasteiger partial charge is 0.344 e. The van der Waals surface area contributed by atoms with E-state index in [-0.39, 0.29) is 27.0 Å². The number of rotatable bonds is 3. The number of imidazole rings is 1. The summed E-state index contributed by atoms with van der Waals surface area (Å²) in [6.07, 6.45) is 1.41. The van der Waals surface area contributed by atoms with E-state index in [4.69, 9.17) is 23.2 Å². The topological polar surface area (TPSA) is 56.0 Å². The quantitative estimate of drug-likeness (QED) is 0.869. The van der Waals surface area contributed by atoms with E-state index in [0.29, 0.717) is 0 Å². The van der Waals surface area contributed by atoms with E-state index >= 15 is 0 Å². The summed E-state index contributed by atoms with van der Waals surface area (Å²) in [6, 6.07) is 2.02. The molecule has 5 nitrogen and oxygen atoms in total. The van der Waals surface area contributed by atoms with Crippen LogP contribution in [0.1, 0.15) is 29.0 Å². The summed E-state index contributed by atoms with van der Waals surface area (Å²) < 4.78 is 16.5. The Bertz CT molecular complexity index is 798. The molecule has 0 saturated carbocycles. The fourth-order valence-electron chi connectivity index (χ4n) is 2.12. The Kier molecular flexibility index (Phi) is 4.63. The van der Waals surface area contributed by atoms with Gasteiger partial charge in [-0.25, -0.2) is 9.18 Å². The molecule has 0 aliphatic heterocycles. The van der Waals surface area contributed by atoms with Gasteiger partial charge < -0.3 is 9.88 Å². The number of amides is 1. The summed E-state index contributed by atoms with van der Waals surface area (Å²) in [7, 11) is 3.03. The molecule has 1 aromatic carbocycles. The van der Waals surface area contributed by atoms with Crippen LogP contribution in [0.5, 0.6) is 0 Å². The van der Waals surface area contributed by atoms with Gasteiger partial charge in [-0.2, -0.15) is 0 Å². The Morgan fingerprint density at radius 2 is 1.95 bits per heavy atom. The van der Waals surface area contributed by atoms with Gasteiger partial charge in [0.05, 0.1) is 11.1 Å². The van der Waals surface area contributed by atoms with Gasteiger partial charge in [-0.15, -0.1) is 0 Å². The number of nitrogens with one attached hydrogen (secondary N) is 1. The summed E-state index contributed by atoms with van der Waals surface area (Å²) in [4.78, 5) is 23.9. The molecular weight excluding hydrogens is 332 g/mol. The second-order valence-electron chi connectivity index (χ2n) is 4.95. The molecule has 0 radical (unpaired) electrons. The summed E-state index contributed by atoms with van der Waals surface area (Å²) in [5.74, 6) is -1.14. The molecule has 1 N–H and O–H groups in total. The number of benzene rings is 1. The lowest BCUT2D eigenvalue weighted by molar-refractivity contribution is 0.0930. The SMILES string of the molecule is CC(NC(=O)c1cn(C)c(=O)n1C)c1cc(Cl)cc(Cl)c1F. The summed E-state index contributed by atoms with van der Waals surface area (Å²) in [5.41, 5.74) is 0.0226. The minimum atomic E-state index is -0.668. The molecule has 0 bridgehead atoms. The Labute approximate surface area is 136 Å². The number of halogens is 3. The minimum absolute atomic E-state index is 0.115. The lowest BCUT2D eigenvalue weighted by Gasteiger charge is -2.16. The first-order valence-corrected chi connectivity index (χ1v) is 7.15. The average Bonchev–Trinajstić information content (AvgIpc) is 2.70. The predicted octanol–water partition coefficient (Wildman–Crippen LogP) is 2.66. The van der Waals surface area contributed by atoms with E-state index in [2.05, 4.69) is 5.32 Å². The van der Waals surface area contributed by atoms with Gasteiger partial charge in [0, 0.05) is 30.9 Å². The normalized spacial score (nSPS) is 12.3. The maximum absolute atomic E-state index is 14.0. The van der Waals surface area contributed by atoms with Crippen LogP contribution in [0.25, 0.3) is 0 Å². The van der Waals surface area contributed by atoms with Gasteiger partial charge in [-0.05, 0) is 19.1 Å². The molecule has 0 aliphatic carbocycles. The first-order valence-electron chi connectivity index (χ1n) is 6.40. The van der Waals surface area contributed by atoms with Crippen LogP contribution in [0, 0.1) is 5.82 Å². The Hall–Kier alpha value is -1.79. The third kappa shape index (κ3) is 3.03. The number of aromatic nitrogens is 2. The van der Waals surface area contributed by atoms with Crippen LogP contribution in [0.2, 0.25) is 10.0 Å². The second-order valence-corrected chi connectivity index (χ2v) is 5.80. The summed E-state index contributed by atoms with van der Waals surface area (Å²) in [6.45, 7) is 1.60. The van der Waals surface area contributed by atoms with Crippen molar-refractivity contribution in [3.05, 3.63) is 55.9 Å². The van der Waals surface area contributed by atoms with E-state index < -0.39 is 17.8 Å². The number of aryl methyl sites for hydroxylation is 1. The molecule has 1 atom stereocenters. The van der Waals surface area contributed by atoms with E-state index in [1.807, 2.05) is 0 Å². The molecule has 1 amide bonds. The van der Waals surface area contributed by atoms with Crippen molar-refractivity contribution in [1.29, 1.82) is 0 Å². The fourth-order valence-corrected chi connectivity index (χ4v) is 2.62. The highest BCUT2D eigenvalue weighted by molar-refractivity contribution is 6.34. The smallest absolute Gasteiger partial charge is 0.328 e. The van der Waals surface area contributed by atoms with Crippen LogP contribution in [0.15, 0.2) is 23.1 Å². The van der Waals surface area contributed by atoms with E-state index in [9.17, 15) is 14.0 Å². The highest BCUT2D eigenvalue weighted by Gasteiger charge is 2.20. The maximum Gasteiger partial charge on any atom is 0.328 e. The first kappa shape index (κ1) is 16.6. The lowest BCUT2D eigenvalue weighted by atomic mass is 10.1. The van der Waals surface area contributed by atoms with Gasteiger partial charge in [-0.3, -0.25) is 9.36 Å². The number of carbonyl (C=O) groups is 1. The molecule has 0 saturated heterocycles. The van der Waals surface area contributed by atoms with Crippen molar-refractivity contribution in [2.45, 2.75) is 13.0 Å². The molecule has 8 heteroatoms. The van der Waals surface area contributed by atoms with Crippen LogP contribution < -0.4 is 11.0 Å². The van der Waals surface area contributed by atoms with Gasteiger partial charge in [0.25, 0.3) is 5.91 Å². The number of hydrogen-bond donors (Lipinski definition) is 1. The Morgan fingerprint density at radius 1 is 1.32 bits per heavy atom. The molecule has 0 fully saturated rings. The van der Waals surface area contributed by atoms with E-state index in [1.165, 1.54) is 34.5 Å². The monoisotopic (exact) mass is 345 g/mol. The molecule has 1 heterocycles. The molecule has 22 heavy (non-hydrogen) atoms. The third-order valence-electron chi connectivity index (χ3n) is 3.33. The van der Waals surface area contributed by atoms with Gasteiger partial charge >= 0.3 is 5.69 Å². The van der Waals surface area contributed by atoms with E-state index in [1.54, 1.807) is 14.0 Å². The van der Waals surface area contributed by atoms with Crippen molar-refractivity contribution in [2.75, 3.05) is 0 Å². The molecule has 1 aromatic heterocycles. The van der Waals surface area contributed by atoms with Crippen LogP contribution in [-0.4, -0.2) is 15.0 Å². The van der Waals surface area contributed by atoms with Crippen LogP contribution >= 0.6 is 23.2 Å². The van der Waals surface area contributed by atoms with E-state index in [0.717, 1.165) is 0 Å². The van der Waals surface area contributed by atoms with Crippen LogP contribution in [0.4, 0.5) is 4.39 Å². The number of nitrogens with zero attached hydrogens (tertiary/aromatic N) is 2. The predicted molar refractivity (Wildman–Crippen MR) is 83.0 cm³/mol. The molecule has 2 aromatic rings. The van der Waals surface area contributed by atoms with Crippen LogP contribution in [-0.2, 0) is 14.1 Å². The molecule has 1 unspecified atom stereocenters. The molecular formula is C14H14Cl2FN3O2. The number of carbonyl (C=O) groups excluding carboxylic acids is 1. The van der Waals surface area contributed by atoms with Gasteiger partial charge in [0.2, 0.25) is 0 Å². The maximum atomic E-state index is 14.0. The van der Waals surface area contributed by atoms with Crippen LogP contribution in [0.3, 0.4) is 0 Å².